The van der Waals surface area contributed by atoms with Crippen LogP contribution in [0.3, 0.4) is 0 Å². The zero-order valence-electron chi connectivity index (χ0n) is 8.10. The number of rotatable bonds is 4. The minimum Gasteiger partial charge on any atom is -0.480 e. The summed E-state index contributed by atoms with van der Waals surface area (Å²) in [5.74, 6) is -1.74. The van der Waals surface area contributed by atoms with E-state index in [0.717, 1.165) is 0 Å². The van der Waals surface area contributed by atoms with E-state index >= 15 is 0 Å². The van der Waals surface area contributed by atoms with E-state index in [1.807, 2.05) is 0 Å². The fourth-order valence-corrected chi connectivity index (χ4v) is 1.19. The molecule has 1 rings (SSSR count). The topological polar surface area (TPSA) is 108 Å². The summed E-state index contributed by atoms with van der Waals surface area (Å²) in [4.78, 5) is 22.0. The van der Waals surface area contributed by atoms with Gasteiger partial charge < -0.3 is 25.6 Å². The number of carboxylic acid groups (broad SMARTS) is 1. The van der Waals surface area contributed by atoms with Gasteiger partial charge in [-0.05, 0) is 0 Å². The Labute approximate surface area is 86.4 Å². The number of nitrogens with one attached hydrogen (secondary N) is 2. The molecule has 0 radical (unpaired) electrons. The standard InChI is InChI=1S/C8H14N2O5/c11-3-5(8(13)14)10-7(12)6-4-15-2-1-9-6/h5-6,9,11H,1-4H2,(H,10,12)(H,13,14)/t5-,6?/m0/s1. The smallest absolute Gasteiger partial charge is 0.328 e. The van der Waals surface area contributed by atoms with E-state index in [1.165, 1.54) is 0 Å². The Morgan fingerprint density at radius 2 is 2.33 bits per heavy atom. The van der Waals surface area contributed by atoms with Crippen LogP contribution in [0.25, 0.3) is 0 Å². The van der Waals surface area contributed by atoms with Crippen molar-refractivity contribution in [2.45, 2.75) is 12.1 Å². The molecule has 1 fully saturated rings. The highest BCUT2D eigenvalue weighted by Gasteiger charge is 2.25. The van der Waals surface area contributed by atoms with Crippen molar-refractivity contribution < 1.29 is 24.5 Å². The Hall–Kier alpha value is -1.18. The number of amides is 1. The Balaban J connectivity index is 2.42. The van der Waals surface area contributed by atoms with Gasteiger partial charge >= 0.3 is 5.97 Å². The molecule has 86 valence electrons. The van der Waals surface area contributed by atoms with Gasteiger partial charge in [-0.3, -0.25) is 4.79 Å². The molecule has 0 aromatic rings. The van der Waals surface area contributed by atoms with Crippen LogP contribution in [0.2, 0.25) is 0 Å². The molecule has 7 nitrogen and oxygen atoms in total. The lowest BCUT2D eigenvalue weighted by atomic mass is 10.2. The summed E-state index contributed by atoms with van der Waals surface area (Å²) >= 11 is 0. The number of aliphatic hydroxyl groups excluding tert-OH is 1. The molecule has 0 aromatic heterocycles. The first-order valence-electron chi connectivity index (χ1n) is 4.60. The lowest BCUT2D eigenvalue weighted by molar-refractivity contribution is -0.143. The SMILES string of the molecule is O=C(N[C@@H](CO)C(=O)O)C1COCCN1. The molecule has 0 bridgehead atoms. The Morgan fingerprint density at radius 3 is 2.80 bits per heavy atom. The van der Waals surface area contributed by atoms with E-state index in [2.05, 4.69) is 10.6 Å². The predicted octanol–water partition coefficient (Wildman–Crippen LogP) is -2.46. The largest absolute Gasteiger partial charge is 0.480 e. The summed E-state index contributed by atoms with van der Waals surface area (Å²) in [5.41, 5.74) is 0. The van der Waals surface area contributed by atoms with Crippen molar-refractivity contribution in [2.75, 3.05) is 26.4 Å². The summed E-state index contributed by atoms with van der Waals surface area (Å²) in [7, 11) is 0. The van der Waals surface area contributed by atoms with Crippen molar-refractivity contribution in [2.24, 2.45) is 0 Å². The van der Waals surface area contributed by atoms with E-state index in [9.17, 15) is 9.59 Å². The Bertz CT molecular complexity index is 239. The number of carbonyl (C=O) groups is 2. The molecule has 4 N–H and O–H groups in total. The maximum absolute atomic E-state index is 11.4. The molecular formula is C8H14N2O5. The van der Waals surface area contributed by atoms with E-state index in [-0.39, 0.29) is 6.61 Å². The predicted molar refractivity (Wildman–Crippen MR) is 49.3 cm³/mol. The first-order valence-corrected chi connectivity index (χ1v) is 4.60. The normalized spacial score (nSPS) is 23.1. The van der Waals surface area contributed by atoms with Crippen molar-refractivity contribution in [3.05, 3.63) is 0 Å². The molecule has 1 aliphatic rings. The zero-order valence-corrected chi connectivity index (χ0v) is 8.10. The number of aliphatic carboxylic acids is 1. The van der Waals surface area contributed by atoms with Gasteiger partial charge in [0, 0.05) is 6.54 Å². The lowest BCUT2D eigenvalue weighted by Crippen LogP contribution is -2.55. The van der Waals surface area contributed by atoms with Gasteiger partial charge in [0.25, 0.3) is 0 Å². The van der Waals surface area contributed by atoms with Crippen molar-refractivity contribution >= 4 is 11.9 Å². The average Bonchev–Trinajstić information content (AvgIpc) is 2.26. The second-order valence-electron chi connectivity index (χ2n) is 3.16. The van der Waals surface area contributed by atoms with Crippen molar-refractivity contribution in [1.82, 2.24) is 10.6 Å². The minimum atomic E-state index is -1.26. The van der Waals surface area contributed by atoms with Crippen LogP contribution in [0.5, 0.6) is 0 Å². The molecule has 7 heteroatoms. The van der Waals surface area contributed by atoms with Crippen LogP contribution in [0.4, 0.5) is 0 Å². The van der Waals surface area contributed by atoms with Gasteiger partial charge in [0.2, 0.25) is 5.91 Å². The third-order valence-corrected chi connectivity index (χ3v) is 2.04. The Morgan fingerprint density at radius 1 is 1.60 bits per heavy atom. The zero-order chi connectivity index (χ0) is 11.3. The molecule has 1 aliphatic heterocycles. The summed E-state index contributed by atoms with van der Waals surface area (Å²) in [5, 5.41) is 22.4. The van der Waals surface area contributed by atoms with E-state index in [4.69, 9.17) is 14.9 Å². The molecule has 1 unspecified atom stereocenters. The van der Waals surface area contributed by atoms with E-state index < -0.39 is 30.6 Å². The maximum Gasteiger partial charge on any atom is 0.328 e. The monoisotopic (exact) mass is 218 g/mol. The molecule has 0 aromatic carbocycles. The van der Waals surface area contributed by atoms with Crippen LogP contribution in [0.1, 0.15) is 0 Å². The van der Waals surface area contributed by atoms with Crippen LogP contribution < -0.4 is 10.6 Å². The molecule has 2 atom stereocenters. The molecule has 15 heavy (non-hydrogen) atoms. The van der Waals surface area contributed by atoms with Crippen LogP contribution in [-0.4, -0.2) is 60.5 Å². The maximum atomic E-state index is 11.4. The van der Waals surface area contributed by atoms with Gasteiger partial charge in [-0.15, -0.1) is 0 Å². The molecule has 0 spiro atoms. The summed E-state index contributed by atoms with van der Waals surface area (Å²) < 4.78 is 5.05. The first-order chi connectivity index (χ1) is 7.15. The molecule has 1 amide bonds. The third-order valence-electron chi connectivity index (χ3n) is 2.04. The third kappa shape index (κ3) is 3.46. The van der Waals surface area contributed by atoms with Gasteiger partial charge in [0.15, 0.2) is 0 Å². The molecular weight excluding hydrogens is 204 g/mol. The van der Waals surface area contributed by atoms with Gasteiger partial charge in [0.05, 0.1) is 19.8 Å². The van der Waals surface area contributed by atoms with Gasteiger partial charge in [-0.2, -0.15) is 0 Å². The van der Waals surface area contributed by atoms with Crippen molar-refractivity contribution in [1.29, 1.82) is 0 Å². The second-order valence-corrected chi connectivity index (χ2v) is 3.16. The second kappa shape index (κ2) is 5.64. The highest BCUT2D eigenvalue weighted by molar-refractivity contribution is 5.87. The number of hydrogen-bond acceptors (Lipinski definition) is 5. The fraction of sp³-hybridized carbons (Fsp3) is 0.750. The van der Waals surface area contributed by atoms with Gasteiger partial charge in [-0.25, -0.2) is 4.79 Å². The van der Waals surface area contributed by atoms with Crippen molar-refractivity contribution in [3.63, 3.8) is 0 Å². The highest BCUT2D eigenvalue weighted by Crippen LogP contribution is 1.94. The summed E-state index contributed by atoms with van der Waals surface area (Å²) in [6.07, 6.45) is 0. The van der Waals surface area contributed by atoms with Crippen LogP contribution in [-0.2, 0) is 14.3 Å². The average molecular weight is 218 g/mol. The van der Waals surface area contributed by atoms with Crippen LogP contribution >= 0.6 is 0 Å². The first kappa shape index (κ1) is 11.9. The molecule has 1 heterocycles. The number of aliphatic hydroxyl groups is 1. The molecule has 1 saturated heterocycles. The number of carbonyl (C=O) groups excluding carboxylic acids is 1. The number of carboxylic acids is 1. The van der Waals surface area contributed by atoms with Crippen LogP contribution in [0, 0.1) is 0 Å². The molecule has 0 aliphatic carbocycles. The van der Waals surface area contributed by atoms with Crippen molar-refractivity contribution in [3.8, 4) is 0 Å². The van der Waals surface area contributed by atoms with Gasteiger partial charge in [0.1, 0.15) is 12.1 Å². The van der Waals surface area contributed by atoms with E-state index in [1.54, 1.807) is 0 Å². The molecule has 0 saturated carbocycles. The summed E-state index contributed by atoms with van der Waals surface area (Å²) in [6, 6.07) is -1.81. The summed E-state index contributed by atoms with van der Waals surface area (Å²) in [6.45, 7) is 0.666. The van der Waals surface area contributed by atoms with Crippen LogP contribution in [0.15, 0.2) is 0 Å². The number of morpholine rings is 1. The number of ether oxygens (including phenoxy) is 1. The Kier molecular flexibility index (Phi) is 4.47. The quantitative estimate of drug-likeness (QED) is 0.417. The van der Waals surface area contributed by atoms with E-state index in [0.29, 0.717) is 13.2 Å². The highest BCUT2D eigenvalue weighted by atomic mass is 16.5. The van der Waals surface area contributed by atoms with Gasteiger partial charge in [-0.1, -0.05) is 0 Å². The minimum absolute atomic E-state index is 0.212. The number of hydrogen-bond donors (Lipinski definition) is 4. The lowest BCUT2D eigenvalue weighted by Gasteiger charge is -2.24. The fourth-order valence-electron chi connectivity index (χ4n) is 1.19.